The predicted octanol–water partition coefficient (Wildman–Crippen LogP) is 2.90. The number of nitro groups is 1. The molecule has 2 heterocycles. The monoisotopic (exact) mass is 374 g/mol. The van der Waals surface area contributed by atoms with Gasteiger partial charge in [0.15, 0.2) is 0 Å². The molecule has 0 bridgehead atoms. The summed E-state index contributed by atoms with van der Waals surface area (Å²) in [5, 5.41) is 12.0. The number of halogens is 1. The summed E-state index contributed by atoms with van der Waals surface area (Å²) in [6.07, 6.45) is 1.45. The van der Waals surface area contributed by atoms with Crippen molar-refractivity contribution in [1.82, 2.24) is 9.38 Å². The maximum absolute atomic E-state index is 12.5. The average molecular weight is 375 g/mol. The number of ether oxygens (including phenoxy) is 1. The van der Waals surface area contributed by atoms with E-state index in [0.717, 1.165) is 4.40 Å². The van der Waals surface area contributed by atoms with E-state index in [1.54, 1.807) is 43.4 Å². The summed E-state index contributed by atoms with van der Waals surface area (Å²) >= 11 is 6.04. The normalized spacial score (nSPS) is 10.7. The number of nitrogens with zero attached hydrogens (tertiary/aromatic N) is 4. The van der Waals surface area contributed by atoms with Crippen LogP contribution >= 0.6 is 11.6 Å². The summed E-state index contributed by atoms with van der Waals surface area (Å²) in [5.41, 5.74) is -0.285. The van der Waals surface area contributed by atoms with Gasteiger partial charge in [0.1, 0.15) is 11.4 Å². The summed E-state index contributed by atoms with van der Waals surface area (Å²) in [6.45, 7) is 0.222. The fraction of sp³-hybridized carbons (Fsp3) is 0.176. The van der Waals surface area contributed by atoms with Crippen LogP contribution in [0.15, 0.2) is 47.4 Å². The van der Waals surface area contributed by atoms with Gasteiger partial charge in [0, 0.05) is 30.4 Å². The lowest BCUT2D eigenvalue weighted by atomic mass is 10.2. The number of rotatable bonds is 5. The third-order valence-corrected chi connectivity index (χ3v) is 4.12. The zero-order chi connectivity index (χ0) is 18.8. The van der Waals surface area contributed by atoms with Crippen LogP contribution in [0.2, 0.25) is 5.02 Å². The van der Waals surface area contributed by atoms with Crippen LogP contribution in [0.5, 0.6) is 5.75 Å². The van der Waals surface area contributed by atoms with Gasteiger partial charge in [-0.25, -0.2) is 4.98 Å². The first-order valence-corrected chi connectivity index (χ1v) is 7.99. The molecule has 0 aliphatic carbocycles. The lowest BCUT2D eigenvalue weighted by Gasteiger charge is -2.20. The van der Waals surface area contributed by atoms with E-state index in [1.165, 1.54) is 18.2 Å². The Morgan fingerprint density at radius 3 is 2.81 bits per heavy atom. The van der Waals surface area contributed by atoms with Crippen molar-refractivity contribution in [3.63, 3.8) is 0 Å². The number of benzene rings is 1. The summed E-state index contributed by atoms with van der Waals surface area (Å²) in [4.78, 5) is 29.2. The Morgan fingerprint density at radius 2 is 2.12 bits per heavy atom. The minimum absolute atomic E-state index is 0.0202. The van der Waals surface area contributed by atoms with E-state index in [4.69, 9.17) is 16.3 Å². The van der Waals surface area contributed by atoms with E-state index < -0.39 is 16.2 Å². The number of fused-ring (bicyclic) bond motifs is 1. The van der Waals surface area contributed by atoms with Gasteiger partial charge in [-0.15, -0.1) is 0 Å². The van der Waals surface area contributed by atoms with Crippen molar-refractivity contribution in [2.75, 3.05) is 19.1 Å². The van der Waals surface area contributed by atoms with Crippen LogP contribution in [-0.2, 0) is 6.54 Å². The average Bonchev–Trinajstić information content (AvgIpc) is 2.61. The summed E-state index contributed by atoms with van der Waals surface area (Å²) in [6, 6.07) is 10.0. The van der Waals surface area contributed by atoms with Crippen molar-refractivity contribution >= 4 is 28.8 Å². The van der Waals surface area contributed by atoms with Gasteiger partial charge in [-0.2, -0.15) is 0 Å². The summed E-state index contributed by atoms with van der Waals surface area (Å²) < 4.78 is 6.45. The van der Waals surface area contributed by atoms with Crippen molar-refractivity contribution < 1.29 is 9.66 Å². The Kier molecular flexibility index (Phi) is 4.77. The molecule has 1 aromatic carbocycles. The first-order valence-electron chi connectivity index (χ1n) is 7.61. The molecule has 26 heavy (non-hydrogen) atoms. The van der Waals surface area contributed by atoms with Crippen LogP contribution < -0.4 is 15.2 Å². The van der Waals surface area contributed by atoms with E-state index in [2.05, 4.69) is 4.98 Å². The Morgan fingerprint density at radius 1 is 1.35 bits per heavy atom. The number of hydrogen-bond acceptors (Lipinski definition) is 6. The minimum atomic E-state index is -0.736. The standard InChI is InChI=1S/C17H15ClN4O4/c1-20(10-11-9-12(18)6-7-13(11)26-2)16-15(22(24)25)17(23)21-8-4-3-5-14(21)19-16/h3-9H,10H2,1-2H3. The molecule has 3 rings (SSSR count). The van der Waals surface area contributed by atoms with E-state index >= 15 is 0 Å². The Labute approximate surface area is 153 Å². The zero-order valence-electron chi connectivity index (χ0n) is 14.0. The van der Waals surface area contributed by atoms with E-state index in [1.807, 2.05) is 0 Å². The molecule has 0 aliphatic heterocycles. The molecule has 0 unspecified atom stereocenters. The van der Waals surface area contributed by atoms with Gasteiger partial charge in [0.25, 0.3) is 0 Å². The molecule has 0 fully saturated rings. The third-order valence-electron chi connectivity index (χ3n) is 3.89. The minimum Gasteiger partial charge on any atom is -0.496 e. The highest BCUT2D eigenvalue weighted by atomic mass is 35.5. The largest absolute Gasteiger partial charge is 0.496 e. The molecule has 2 aromatic heterocycles. The first-order chi connectivity index (χ1) is 12.4. The fourth-order valence-electron chi connectivity index (χ4n) is 2.70. The molecule has 3 aromatic rings. The lowest BCUT2D eigenvalue weighted by molar-refractivity contribution is -0.385. The number of pyridine rings is 1. The van der Waals surface area contributed by atoms with Crippen molar-refractivity contribution in [3.8, 4) is 5.75 Å². The molecule has 0 saturated heterocycles. The molecular formula is C17H15ClN4O4. The van der Waals surface area contributed by atoms with Crippen LogP contribution in [0.4, 0.5) is 11.5 Å². The maximum Gasteiger partial charge on any atom is 0.376 e. The van der Waals surface area contributed by atoms with Crippen LogP contribution in [0.1, 0.15) is 5.56 Å². The topological polar surface area (TPSA) is 90.0 Å². The van der Waals surface area contributed by atoms with Crippen molar-refractivity contribution in [2.45, 2.75) is 6.54 Å². The van der Waals surface area contributed by atoms with Gasteiger partial charge < -0.3 is 9.64 Å². The van der Waals surface area contributed by atoms with Crippen molar-refractivity contribution in [3.05, 3.63) is 73.6 Å². The highest BCUT2D eigenvalue weighted by Crippen LogP contribution is 2.28. The summed E-state index contributed by atoms with van der Waals surface area (Å²) in [5.74, 6) is 0.564. The van der Waals surface area contributed by atoms with Gasteiger partial charge in [-0.05, 0) is 30.3 Å². The highest BCUT2D eigenvalue weighted by Gasteiger charge is 2.26. The van der Waals surface area contributed by atoms with Gasteiger partial charge >= 0.3 is 11.2 Å². The second-order valence-electron chi connectivity index (χ2n) is 5.59. The van der Waals surface area contributed by atoms with Crippen LogP contribution in [0.3, 0.4) is 0 Å². The zero-order valence-corrected chi connectivity index (χ0v) is 14.8. The fourth-order valence-corrected chi connectivity index (χ4v) is 2.89. The maximum atomic E-state index is 12.5. The molecule has 0 atom stereocenters. The molecule has 9 heteroatoms. The third kappa shape index (κ3) is 3.18. The van der Waals surface area contributed by atoms with Gasteiger partial charge in [0.2, 0.25) is 5.82 Å². The van der Waals surface area contributed by atoms with Gasteiger partial charge in [-0.1, -0.05) is 17.7 Å². The Hall–Kier alpha value is -3.13. The SMILES string of the molecule is COc1ccc(Cl)cc1CN(C)c1nc2ccccn2c(=O)c1[N+](=O)[O-]. The van der Waals surface area contributed by atoms with Crippen molar-refractivity contribution in [2.24, 2.45) is 0 Å². The molecule has 0 aliphatic rings. The van der Waals surface area contributed by atoms with Crippen molar-refractivity contribution in [1.29, 1.82) is 0 Å². The van der Waals surface area contributed by atoms with Gasteiger partial charge in [-0.3, -0.25) is 19.3 Å². The van der Waals surface area contributed by atoms with Crippen LogP contribution in [0, 0.1) is 10.1 Å². The highest BCUT2D eigenvalue weighted by molar-refractivity contribution is 6.30. The molecule has 0 N–H and O–H groups in total. The molecule has 0 amide bonds. The first kappa shape index (κ1) is 17.7. The second-order valence-corrected chi connectivity index (χ2v) is 6.02. The van der Waals surface area contributed by atoms with Crippen LogP contribution in [0.25, 0.3) is 5.65 Å². The Balaban J connectivity index is 2.12. The lowest BCUT2D eigenvalue weighted by Crippen LogP contribution is -2.26. The summed E-state index contributed by atoms with van der Waals surface area (Å²) in [7, 11) is 3.14. The number of anilines is 1. The van der Waals surface area contributed by atoms with E-state index in [-0.39, 0.29) is 12.4 Å². The second kappa shape index (κ2) is 7.01. The van der Waals surface area contributed by atoms with Crippen LogP contribution in [-0.4, -0.2) is 28.5 Å². The molecule has 134 valence electrons. The molecule has 8 nitrogen and oxygen atoms in total. The predicted molar refractivity (Wildman–Crippen MR) is 98.2 cm³/mol. The van der Waals surface area contributed by atoms with Gasteiger partial charge in [0.05, 0.1) is 12.0 Å². The number of methoxy groups -OCH3 is 1. The van der Waals surface area contributed by atoms with E-state index in [9.17, 15) is 14.9 Å². The molecule has 0 spiro atoms. The molecule has 0 radical (unpaired) electrons. The smallest absolute Gasteiger partial charge is 0.376 e. The quantitative estimate of drug-likeness (QED) is 0.504. The molecule has 0 saturated carbocycles. The Bertz CT molecular complexity index is 1050. The number of hydrogen-bond donors (Lipinski definition) is 0. The molecular weight excluding hydrogens is 360 g/mol. The number of aromatic nitrogens is 2. The van der Waals surface area contributed by atoms with E-state index in [0.29, 0.717) is 22.0 Å².